The van der Waals surface area contributed by atoms with Crippen LogP contribution < -0.4 is 5.32 Å². The molecule has 0 saturated carbocycles. The van der Waals surface area contributed by atoms with E-state index in [1.807, 2.05) is 0 Å². The fourth-order valence-corrected chi connectivity index (χ4v) is 6.93. The predicted molar refractivity (Wildman–Crippen MR) is 215 cm³/mol. The van der Waals surface area contributed by atoms with Crippen molar-refractivity contribution in [1.29, 1.82) is 0 Å². The van der Waals surface area contributed by atoms with Gasteiger partial charge in [0.25, 0.3) is 0 Å². The molecule has 0 rings (SSSR count). The molecule has 4 unspecified atom stereocenters. The van der Waals surface area contributed by atoms with Crippen LogP contribution in [0.2, 0.25) is 0 Å². The van der Waals surface area contributed by atoms with Crippen molar-refractivity contribution in [1.82, 2.24) is 5.32 Å². The van der Waals surface area contributed by atoms with Gasteiger partial charge in [-0.2, -0.15) is 0 Å². The summed E-state index contributed by atoms with van der Waals surface area (Å²) in [7, 11) is 0. The minimum Gasteiger partial charge on any atom is -0.394 e. The number of aliphatic hydroxyl groups excluding tert-OH is 4. The van der Waals surface area contributed by atoms with E-state index >= 15 is 0 Å². The van der Waals surface area contributed by atoms with Crippen LogP contribution >= 0.6 is 0 Å². The van der Waals surface area contributed by atoms with E-state index in [-0.39, 0.29) is 0 Å². The Bertz CT molecular complexity index is 717. The van der Waals surface area contributed by atoms with Crippen molar-refractivity contribution in [2.24, 2.45) is 0 Å². The Morgan fingerprint density at radius 2 is 0.820 bits per heavy atom. The van der Waals surface area contributed by atoms with Crippen LogP contribution in [0.3, 0.4) is 0 Å². The zero-order valence-corrected chi connectivity index (χ0v) is 33.4. The van der Waals surface area contributed by atoms with Crippen molar-refractivity contribution in [2.75, 3.05) is 6.61 Å². The topological polar surface area (TPSA) is 110 Å². The van der Waals surface area contributed by atoms with Crippen molar-refractivity contribution < 1.29 is 25.2 Å². The van der Waals surface area contributed by atoms with Gasteiger partial charge in [-0.05, 0) is 38.5 Å². The van der Waals surface area contributed by atoms with E-state index in [0.29, 0.717) is 12.8 Å². The summed E-state index contributed by atoms with van der Waals surface area (Å²) in [4.78, 5) is 12.5. The molecule has 5 N–H and O–H groups in total. The summed E-state index contributed by atoms with van der Waals surface area (Å²) in [5, 5.41) is 43.6. The van der Waals surface area contributed by atoms with Gasteiger partial charge in [-0.15, -0.1) is 0 Å². The molecule has 0 aliphatic rings. The Labute approximate surface area is 311 Å². The fraction of sp³-hybridized carbons (Fsp3) is 0.932. The summed E-state index contributed by atoms with van der Waals surface area (Å²) >= 11 is 0. The molecule has 6 heteroatoms. The molecule has 1 amide bonds. The summed E-state index contributed by atoms with van der Waals surface area (Å²) in [5.41, 5.74) is 0. The van der Waals surface area contributed by atoms with Gasteiger partial charge < -0.3 is 25.7 Å². The van der Waals surface area contributed by atoms with Crippen LogP contribution in [0.25, 0.3) is 0 Å². The summed E-state index contributed by atoms with van der Waals surface area (Å²) < 4.78 is 0. The number of amides is 1. The third-order valence-corrected chi connectivity index (χ3v) is 10.5. The molecule has 0 radical (unpaired) electrons. The monoisotopic (exact) mass is 710 g/mol. The molecule has 0 aliphatic heterocycles. The number of aliphatic hydroxyl groups is 4. The zero-order valence-electron chi connectivity index (χ0n) is 33.4. The van der Waals surface area contributed by atoms with E-state index < -0.39 is 36.9 Å². The highest BCUT2D eigenvalue weighted by Crippen LogP contribution is 2.16. The molecule has 0 heterocycles. The van der Waals surface area contributed by atoms with E-state index in [1.165, 1.54) is 167 Å². The maximum Gasteiger partial charge on any atom is 0.249 e. The average Bonchev–Trinajstić information content (AvgIpc) is 3.12. The molecule has 50 heavy (non-hydrogen) atoms. The smallest absolute Gasteiger partial charge is 0.249 e. The normalized spacial score (nSPS) is 14.3. The van der Waals surface area contributed by atoms with Crippen LogP contribution in [-0.2, 0) is 4.79 Å². The lowest BCUT2D eigenvalue weighted by Crippen LogP contribution is -2.53. The molecule has 0 aromatic carbocycles. The fourth-order valence-electron chi connectivity index (χ4n) is 6.93. The highest BCUT2D eigenvalue weighted by Gasteiger charge is 2.28. The summed E-state index contributed by atoms with van der Waals surface area (Å²) in [6.07, 6.45) is 42.5. The molecule has 0 fully saturated rings. The van der Waals surface area contributed by atoms with Crippen molar-refractivity contribution in [2.45, 2.75) is 257 Å². The Balaban J connectivity index is 3.69. The molecule has 298 valence electrons. The Hall–Kier alpha value is -0.950. The van der Waals surface area contributed by atoms with Gasteiger partial charge in [0.2, 0.25) is 5.91 Å². The van der Waals surface area contributed by atoms with Crippen LogP contribution in [0, 0.1) is 0 Å². The SMILES string of the molecule is CCCCCCCCC/C=C/CCCC(O)C(O)C(CO)NC(=O)C(O)CCCCCCCCCCCCCCCCCCCCCCCC. The molecule has 0 aromatic heterocycles. The van der Waals surface area contributed by atoms with E-state index in [1.54, 1.807) is 0 Å². The van der Waals surface area contributed by atoms with E-state index in [0.717, 1.165) is 38.5 Å². The highest BCUT2D eigenvalue weighted by atomic mass is 16.3. The van der Waals surface area contributed by atoms with Gasteiger partial charge in [-0.1, -0.05) is 206 Å². The van der Waals surface area contributed by atoms with Gasteiger partial charge in [0.1, 0.15) is 12.2 Å². The standard InChI is InChI=1S/C44H87NO5/c1-3-5-7-9-11-13-15-17-18-19-20-21-22-23-24-25-26-28-30-32-34-36-38-42(48)44(50)45-40(39-46)43(49)41(47)37-35-33-31-29-27-16-14-12-10-8-6-4-2/h29,31,40-43,46-49H,3-28,30,32-39H2,1-2H3,(H,45,50)/b31-29+. The first-order valence-corrected chi connectivity index (χ1v) is 22.1. The van der Waals surface area contributed by atoms with Crippen LogP contribution in [0.5, 0.6) is 0 Å². The van der Waals surface area contributed by atoms with Crippen LogP contribution in [-0.4, -0.2) is 57.3 Å². The van der Waals surface area contributed by atoms with Gasteiger partial charge >= 0.3 is 0 Å². The molecule has 4 atom stereocenters. The third kappa shape index (κ3) is 32.9. The quantitative estimate of drug-likeness (QED) is 0.0321. The lowest BCUT2D eigenvalue weighted by molar-refractivity contribution is -0.132. The van der Waals surface area contributed by atoms with Gasteiger partial charge in [-0.25, -0.2) is 0 Å². The molecule has 6 nitrogen and oxygen atoms in total. The second-order valence-electron chi connectivity index (χ2n) is 15.4. The average molecular weight is 710 g/mol. The van der Waals surface area contributed by atoms with Crippen LogP contribution in [0.1, 0.15) is 232 Å². The van der Waals surface area contributed by atoms with Crippen LogP contribution in [0.4, 0.5) is 0 Å². The van der Waals surface area contributed by atoms with Gasteiger partial charge in [0, 0.05) is 0 Å². The maximum absolute atomic E-state index is 12.5. The second-order valence-corrected chi connectivity index (χ2v) is 15.4. The Morgan fingerprint density at radius 3 is 1.20 bits per heavy atom. The number of rotatable bonds is 40. The molecule has 0 saturated heterocycles. The van der Waals surface area contributed by atoms with Gasteiger partial charge in [-0.3, -0.25) is 4.79 Å². The van der Waals surface area contributed by atoms with E-state index in [4.69, 9.17) is 0 Å². The number of carbonyl (C=O) groups is 1. The maximum atomic E-state index is 12.5. The lowest BCUT2D eigenvalue weighted by Gasteiger charge is -2.27. The number of carbonyl (C=O) groups excluding carboxylic acids is 1. The van der Waals surface area contributed by atoms with Gasteiger partial charge in [0.15, 0.2) is 0 Å². The molecule has 0 aliphatic carbocycles. The van der Waals surface area contributed by atoms with Crippen LogP contribution in [0.15, 0.2) is 12.2 Å². The molecule has 0 bridgehead atoms. The largest absolute Gasteiger partial charge is 0.394 e. The second kappa shape index (κ2) is 39.3. The number of unbranched alkanes of at least 4 members (excludes halogenated alkanes) is 29. The molecular weight excluding hydrogens is 622 g/mol. The summed E-state index contributed by atoms with van der Waals surface area (Å²) in [6.45, 7) is 4.03. The van der Waals surface area contributed by atoms with E-state index in [2.05, 4.69) is 31.3 Å². The van der Waals surface area contributed by atoms with Crippen molar-refractivity contribution >= 4 is 5.91 Å². The molecule has 0 aromatic rings. The van der Waals surface area contributed by atoms with Crippen molar-refractivity contribution in [3.63, 3.8) is 0 Å². The summed E-state index contributed by atoms with van der Waals surface area (Å²) in [5.74, 6) is -0.591. The van der Waals surface area contributed by atoms with Crippen molar-refractivity contribution in [3.8, 4) is 0 Å². The number of hydrogen-bond acceptors (Lipinski definition) is 5. The third-order valence-electron chi connectivity index (χ3n) is 10.5. The zero-order chi connectivity index (χ0) is 36.8. The Kier molecular flexibility index (Phi) is 38.5. The summed E-state index contributed by atoms with van der Waals surface area (Å²) in [6, 6.07) is -0.996. The minimum atomic E-state index is -1.28. The lowest BCUT2D eigenvalue weighted by atomic mass is 10.00. The first-order valence-electron chi connectivity index (χ1n) is 22.1. The van der Waals surface area contributed by atoms with Crippen molar-refractivity contribution in [3.05, 3.63) is 12.2 Å². The minimum absolute atomic E-state index is 0.368. The number of allylic oxidation sites excluding steroid dienone is 2. The molecule has 0 spiro atoms. The Morgan fingerprint density at radius 1 is 0.480 bits per heavy atom. The predicted octanol–water partition coefficient (Wildman–Crippen LogP) is 11.4. The first kappa shape index (κ1) is 49.0. The molecular formula is C44H87NO5. The number of nitrogens with one attached hydrogen (secondary N) is 1. The van der Waals surface area contributed by atoms with E-state index in [9.17, 15) is 25.2 Å². The van der Waals surface area contributed by atoms with Gasteiger partial charge in [0.05, 0.1) is 18.8 Å². The first-order chi connectivity index (χ1) is 24.5. The highest BCUT2D eigenvalue weighted by molar-refractivity contribution is 5.80. The number of hydrogen-bond donors (Lipinski definition) is 5.